The second-order valence-electron chi connectivity index (χ2n) is 4.21. The van der Waals surface area contributed by atoms with Crippen molar-refractivity contribution in [2.45, 2.75) is 13.5 Å². The van der Waals surface area contributed by atoms with E-state index in [0.29, 0.717) is 6.61 Å². The van der Waals surface area contributed by atoms with Gasteiger partial charge in [0.1, 0.15) is 12.4 Å². The van der Waals surface area contributed by atoms with E-state index in [1.165, 1.54) is 0 Å². The summed E-state index contributed by atoms with van der Waals surface area (Å²) < 4.78 is 5.71. The van der Waals surface area contributed by atoms with Gasteiger partial charge in [0.15, 0.2) is 0 Å². The second-order valence-corrected chi connectivity index (χ2v) is 4.21. The smallest absolute Gasteiger partial charge is 0.130 e. The molecule has 0 atom stereocenters. The average molecular weight is 255 g/mol. The molecule has 0 saturated heterocycles. The molecule has 98 valence electrons. The Hall–Kier alpha value is -2.13. The highest BCUT2D eigenvalue weighted by molar-refractivity contribution is 5.64. The highest BCUT2D eigenvalue weighted by Gasteiger charge is 2.00. The normalized spacial score (nSPS) is 11.4. The maximum atomic E-state index is 8.90. The van der Waals surface area contributed by atoms with Gasteiger partial charge in [0, 0.05) is 6.20 Å². The summed E-state index contributed by atoms with van der Waals surface area (Å²) in [7, 11) is 0. The van der Waals surface area contributed by atoms with E-state index in [0.717, 1.165) is 22.6 Å². The number of rotatable bonds is 5. The van der Waals surface area contributed by atoms with Gasteiger partial charge in [-0.05, 0) is 42.3 Å². The lowest BCUT2D eigenvalue weighted by Gasteiger charge is -2.08. The fourth-order valence-corrected chi connectivity index (χ4v) is 1.73. The van der Waals surface area contributed by atoms with Gasteiger partial charge in [0.2, 0.25) is 0 Å². The summed E-state index contributed by atoms with van der Waals surface area (Å²) in [5, 5.41) is 8.90. The zero-order valence-corrected chi connectivity index (χ0v) is 10.9. The SMILES string of the molecule is C/C(=C\CO)c1cccc(OCc2ccccn2)c1. The molecule has 1 aromatic carbocycles. The number of nitrogens with zero attached hydrogens (tertiary/aromatic N) is 1. The molecule has 0 unspecified atom stereocenters. The lowest BCUT2D eigenvalue weighted by atomic mass is 10.1. The van der Waals surface area contributed by atoms with Crippen LogP contribution in [0.5, 0.6) is 5.75 Å². The number of pyridine rings is 1. The number of aliphatic hydroxyl groups is 1. The lowest BCUT2D eigenvalue weighted by Crippen LogP contribution is -1.97. The fourth-order valence-electron chi connectivity index (χ4n) is 1.73. The van der Waals surface area contributed by atoms with E-state index in [4.69, 9.17) is 9.84 Å². The average Bonchev–Trinajstić information content (AvgIpc) is 2.47. The van der Waals surface area contributed by atoms with E-state index in [2.05, 4.69) is 4.98 Å². The van der Waals surface area contributed by atoms with Crippen LogP contribution in [0, 0.1) is 0 Å². The molecule has 1 N–H and O–H groups in total. The van der Waals surface area contributed by atoms with Gasteiger partial charge < -0.3 is 9.84 Å². The lowest BCUT2D eigenvalue weighted by molar-refractivity contribution is 0.301. The van der Waals surface area contributed by atoms with Crippen LogP contribution in [-0.4, -0.2) is 16.7 Å². The summed E-state index contributed by atoms with van der Waals surface area (Å²) in [5.74, 6) is 0.800. The van der Waals surface area contributed by atoms with Gasteiger partial charge in [-0.15, -0.1) is 0 Å². The Labute approximate surface area is 113 Å². The number of benzene rings is 1. The number of hydrogen-bond donors (Lipinski definition) is 1. The molecule has 0 saturated carbocycles. The quantitative estimate of drug-likeness (QED) is 0.892. The second kappa shape index (κ2) is 6.71. The van der Waals surface area contributed by atoms with Crippen LogP contribution in [0.3, 0.4) is 0 Å². The van der Waals surface area contributed by atoms with Gasteiger partial charge in [-0.1, -0.05) is 24.3 Å². The van der Waals surface area contributed by atoms with Gasteiger partial charge in [-0.25, -0.2) is 0 Å². The largest absolute Gasteiger partial charge is 0.487 e. The number of allylic oxidation sites excluding steroid dienone is 1. The highest BCUT2D eigenvalue weighted by Crippen LogP contribution is 2.20. The van der Waals surface area contributed by atoms with E-state index in [9.17, 15) is 0 Å². The minimum atomic E-state index is 0.0465. The zero-order valence-electron chi connectivity index (χ0n) is 10.9. The van der Waals surface area contributed by atoms with Gasteiger partial charge in [-0.2, -0.15) is 0 Å². The van der Waals surface area contributed by atoms with Crippen molar-refractivity contribution in [1.29, 1.82) is 0 Å². The van der Waals surface area contributed by atoms with Crippen molar-refractivity contribution in [3.8, 4) is 5.75 Å². The van der Waals surface area contributed by atoms with Crippen molar-refractivity contribution in [1.82, 2.24) is 4.98 Å². The third kappa shape index (κ3) is 3.93. The van der Waals surface area contributed by atoms with Crippen molar-refractivity contribution in [3.63, 3.8) is 0 Å². The molecule has 0 bridgehead atoms. The van der Waals surface area contributed by atoms with Crippen molar-refractivity contribution in [3.05, 3.63) is 66.0 Å². The van der Waals surface area contributed by atoms with Crippen LogP contribution in [0.25, 0.3) is 5.57 Å². The first-order valence-electron chi connectivity index (χ1n) is 6.20. The van der Waals surface area contributed by atoms with Crippen LogP contribution in [0.1, 0.15) is 18.2 Å². The molecule has 3 nitrogen and oxygen atoms in total. The Morgan fingerprint density at radius 1 is 1.26 bits per heavy atom. The van der Waals surface area contributed by atoms with Crippen LogP contribution in [0.4, 0.5) is 0 Å². The summed E-state index contributed by atoms with van der Waals surface area (Å²) in [6, 6.07) is 13.6. The first-order valence-corrected chi connectivity index (χ1v) is 6.20. The maximum Gasteiger partial charge on any atom is 0.130 e. The first kappa shape index (κ1) is 13.3. The molecule has 0 aliphatic rings. The van der Waals surface area contributed by atoms with E-state index < -0.39 is 0 Å². The maximum absolute atomic E-state index is 8.90. The van der Waals surface area contributed by atoms with Crippen molar-refractivity contribution in [2.75, 3.05) is 6.61 Å². The Balaban J connectivity index is 2.05. The van der Waals surface area contributed by atoms with Crippen LogP contribution in [0.15, 0.2) is 54.7 Å². The minimum Gasteiger partial charge on any atom is -0.487 e. The van der Waals surface area contributed by atoms with E-state index in [1.807, 2.05) is 49.4 Å². The third-order valence-corrected chi connectivity index (χ3v) is 2.80. The van der Waals surface area contributed by atoms with E-state index in [-0.39, 0.29) is 6.61 Å². The van der Waals surface area contributed by atoms with Crippen molar-refractivity contribution >= 4 is 5.57 Å². The molecule has 0 fully saturated rings. The minimum absolute atomic E-state index is 0.0465. The summed E-state index contributed by atoms with van der Waals surface area (Å²) in [6.45, 7) is 2.46. The van der Waals surface area contributed by atoms with Crippen LogP contribution in [-0.2, 0) is 6.61 Å². The zero-order chi connectivity index (χ0) is 13.5. The molecule has 3 heteroatoms. The van der Waals surface area contributed by atoms with Gasteiger partial charge in [0.05, 0.1) is 12.3 Å². The molecule has 0 aliphatic heterocycles. The molecule has 0 spiro atoms. The fraction of sp³-hybridized carbons (Fsp3) is 0.188. The molecule has 0 amide bonds. The van der Waals surface area contributed by atoms with E-state index in [1.54, 1.807) is 12.3 Å². The number of ether oxygens (including phenoxy) is 1. The molecule has 0 radical (unpaired) electrons. The van der Waals surface area contributed by atoms with Crippen molar-refractivity contribution in [2.24, 2.45) is 0 Å². The molecule has 2 aromatic rings. The molecule has 0 aliphatic carbocycles. The van der Waals surface area contributed by atoms with Crippen molar-refractivity contribution < 1.29 is 9.84 Å². The summed E-state index contributed by atoms with van der Waals surface area (Å²) in [5.41, 5.74) is 2.98. The van der Waals surface area contributed by atoms with Crippen LogP contribution in [0.2, 0.25) is 0 Å². The number of aliphatic hydroxyl groups excluding tert-OH is 1. The molecule has 1 heterocycles. The molecule has 19 heavy (non-hydrogen) atoms. The van der Waals surface area contributed by atoms with Crippen LogP contribution >= 0.6 is 0 Å². The highest BCUT2D eigenvalue weighted by atomic mass is 16.5. The van der Waals surface area contributed by atoms with Gasteiger partial charge in [-0.3, -0.25) is 4.98 Å². The third-order valence-electron chi connectivity index (χ3n) is 2.80. The van der Waals surface area contributed by atoms with Gasteiger partial charge >= 0.3 is 0 Å². The Morgan fingerprint density at radius 2 is 2.16 bits per heavy atom. The molecule has 1 aromatic heterocycles. The predicted octanol–water partition coefficient (Wildman–Crippen LogP) is 3.06. The Kier molecular flexibility index (Phi) is 4.70. The van der Waals surface area contributed by atoms with E-state index >= 15 is 0 Å². The molecular formula is C16H17NO2. The Bertz CT molecular complexity index is 550. The first-order chi connectivity index (χ1) is 9.29. The standard InChI is InChI=1S/C16H17NO2/c1-13(8-10-18)14-5-4-7-16(11-14)19-12-15-6-2-3-9-17-15/h2-9,11,18H,10,12H2,1H3/b13-8+. The van der Waals surface area contributed by atoms with Crippen LogP contribution < -0.4 is 4.74 Å². The van der Waals surface area contributed by atoms with Gasteiger partial charge in [0.25, 0.3) is 0 Å². The molecule has 2 rings (SSSR count). The summed E-state index contributed by atoms with van der Waals surface area (Å²) >= 11 is 0. The number of hydrogen-bond acceptors (Lipinski definition) is 3. The monoisotopic (exact) mass is 255 g/mol. The summed E-state index contributed by atoms with van der Waals surface area (Å²) in [4.78, 5) is 4.21. The summed E-state index contributed by atoms with van der Waals surface area (Å²) in [6.07, 6.45) is 3.53. The predicted molar refractivity (Wildman–Crippen MR) is 75.7 cm³/mol. The topological polar surface area (TPSA) is 42.4 Å². The number of aromatic nitrogens is 1. The Morgan fingerprint density at radius 3 is 2.89 bits per heavy atom. The molecular weight excluding hydrogens is 238 g/mol.